The molecule has 3 nitrogen and oxygen atoms in total. The maximum Gasteiger partial charge on any atom is 0.240 e. The number of nitrogens with two attached hydrogens (primary N) is 1. The van der Waals surface area contributed by atoms with Gasteiger partial charge in [-0.15, -0.1) is 11.8 Å². The molecule has 0 saturated heterocycles. The van der Waals surface area contributed by atoms with Crippen molar-refractivity contribution >= 4 is 35.0 Å². The second-order valence-electron chi connectivity index (χ2n) is 5.05. The Kier molecular flexibility index (Phi) is 6.90. The van der Waals surface area contributed by atoms with Crippen LogP contribution in [-0.2, 0) is 4.79 Å². The number of amides is 1. The molecule has 0 aromatic heterocycles. The first kappa shape index (κ1) is 18.2. The van der Waals surface area contributed by atoms with Gasteiger partial charge in [0.1, 0.15) is 11.6 Å². The number of hydrogen-bond donors (Lipinski definition) is 2. The topological polar surface area (TPSA) is 55.1 Å². The van der Waals surface area contributed by atoms with Crippen LogP contribution in [0.5, 0.6) is 0 Å². The third-order valence-corrected chi connectivity index (χ3v) is 4.56. The van der Waals surface area contributed by atoms with Crippen molar-refractivity contribution in [1.82, 2.24) is 0 Å². The lowest BCUT2D eigenvalue weighted by atomic mass is 10.2. The Bertz CT molecular complexity index is 512. The van der Waals surface area contributed by atoms with Crippen molar-refractivity contribution in [2.24, 2.45) is 5.73 Å². The van der Waals surface area contributed by atoms with Gasteiger partial charge in [-0.25, -0.2) is 8.78 Å². The van der Waals surface area contributed by atoms with E-state index in [1.165, 1.54) is 11.8 Å². The first-order valence-corrected chi connectivity index (χ1v) is 7.94. The van der Waals surface area contributed by atoms with Gasteiger partial charge >= 0.3 is 0 Å². The number of nitrogens with one attached hydrogen (secondary N) is 1. The fraction of sp³-hybridized carbons (Fsp3) is 0.500. The molecule has 0 aliphatic heterocycles. The number of unbranched alkanes of at least 4 members (excludes halogenated alkanes) is 1. The van der Waals surface area contributed by atoms with Gasteiger partial charge in [0.25, 0.3) is 0 Å². The lowest BCUT2D eigenvalue weighted by Crippen LogP contribution is -2.34. The van der Waals surface area contributed by atoms with Gasteiger partial charge in [0.2, 0.25) is 5.91 Å². The highest BCUT2D eigenvalue weighted by Crippen LogP contribution is 2.29. The van der Waals surface area contributed by atoms with Crippen LogP contribution in [-0.4, -0.2) is 23.0 Å². The minimum atomic E-state index is -0.859. The summed E-state index contributed by atoms with van der Waals surface area (Å²) < 4.78 is 25.9. The molecule has 118 valence electrons. The molecule has 0 radical (unpaired) electrons. The normalized spacial score (nSPS) is 11.5. The Labute approximate surface area is 132 Å². The van der Waals surface area contributed by atoms with E-state index in [-0.39, 0.29) is 16.6 Å². The van der Waals surface area contributed by atoms with Crippen molar-refractivity contribution in [3.8, 4) is 0 Å². The number of hydrogen-bond acceptors (Lipinski definition) is 3. The molecule has 0 spiro atoms. The fourth-order valence-corrected chi connectivity index (χ4v) is 2.74. The predicted molar refractivity (Wildman–Crippen MR) is 84.8 cm³/mol. The molecular weight excluding hydrogens is 318 g/mol. The van der Waals surface area contributed by atoms with Gasteiger partial charge in [0, 0.05) is 6.07 Å². The fourth-order valence-electron chi connectivity index (χ4n) is 1.53. The summed E-state index contributed by atoms with van der Waals surface area (Å²) in [7, 11) is 0. The van der Waals surface area contributed by atoms with Gasteiger partial charge in [-0.2, -0.15) is 0 Å². The Balaban J connectivity index is 2.69. The molecule has 0 heterocycles. The van der Waals surface area contributed by atoms with E-state index < -0.39 is 16.4 Å². The van der Waals surface area contributed by atoms with E-state index in [1.54, 1.807) is 13.8 Å². The summed E-state index contributed by atoms with van der Waals surface area (Å²) in [6.07, 6.45) is 1.81. The smallest absolute Gasteiger partial charge is 0.240 e. The zero-order valence-corrected chi connectivity index (χ0v) is 13.6. The molecule has 1 aromatic rings. The molecule has 7 heteroatoms. The summed E-state index contributed by atoms with van der Waals surface area (Å²) in [5.41, 5.74) is 5.29. The summed E-state index contributed by atoms with van der Waals surface area (Å²) in [6, 6.07) is 1.72. The van der Waals surface area contributed by atoms with Crippen molar-refractivity contribution in [3.63, 3.8) is 0 Å². The first-order valence-electron chi connectivity index (χ1n) is 6.58. The SMILES string of the molecule is CC(C)(SCCCCN)C(=O)Nc1cc(Cl)c(F)cc1F. The standard InChI is InChI=1S/C14H19ClF2N2OS/c1-14(2,21-6-4-3-5-18)13(20)19-12-7-9(15)10(16)8-11(12)17/h7-8H,3-6,18H2,1-2H3,(H,19,20). The van der Waals surface area contributed by atoms with E-state index in [0.717, 1.165) is 24.7 Å². The van der Waals surface area contributed by atoms with E-state index in [0.29, 0.717) is 12.6 Å². The van der Waals surface area contributed by atoms with E-state index in [4.69, 9.17) is 17.3 Å². The number of anilines is 1. The third-order valence-electron chi connectivity index (χ3n) is 2.87. The molecule has 0 atom stereocenters. The molecule has 1 amide bonds. The van der Waals surface area contributed by atoms with Gasteiger partial charge in [-0.1, -0.05) is 11.6 Å². The zero-order valence-electron chi connectivity index (χ0n) is 12.0. The van der Waals surface area contributed by atoms with Crippen LogP contribution in [0, 0.1) is 11.6 Å². The maximum atomic E-state index is 13.6. The zero-order chi connectivity index (χ0) is 16.0. The minimum absolute atomic E-state index is 0.123. The van der Waals surface area contributed by atoms with Crippen LogP contribution in [0.25, 0.3) is 0 Å². The molecule has 0 aliphatic carbocycles. The van der Waals surface area contributed by atoms with Crippen molar-refractivity contribution in [1.29, 1.82) is 0 Å². The lowest BCUT2D eigenvalue weighted by molar-refractivity contribution is -0.117. The van der Waals surface area contributed by atoms with Crippen LogP contribution in [0.3, 0.4) is 0 Å². The second kappa shape index (κ2) is 7.96. The van der Waals surface area contributed by atoms with Gasteiger partial charge in [-0.3, -0.25) is 4.79 Å². The number of thioether (sulfide) groups is 1. The van der Waals surface area contributed by atoms with E-state index in [9.17, 15) is 13.6 Å². The molecule has 0 saturated carbocycles. The Morgan fingerprint density at radius 1 is 1.33 bits per heavy atom. The van der Waals surface area contributed by atoms with Crippen LogP contribution in [0.15, 0.2) is 12.1 Å². The average molecular weight is 337 g/mol. The van der Waals surface area contributed by atoms with Gasteiger partial charge < -0.3 is 11.1 Å². The van der Waals surface area contributed by atoms with Crippen LogP contribution in [0.2, 0.25) is 5.02 Å². The van der Waals surface area contributed by atoms with Crippen molar-refractivity contribution in [3.05, 3.63) is 28.8 Å². The first-order chi connectivity index (χ1) is 9.77. The summed E-state index contributed by atoms with van der Waals surface area (Å²) >= 11 is 7.05. The molecule has 0 unspecified atom stereocenters. The summed E-state index contributed by atoms with van der Waals surface area (Å²) in [5, 5.41) is 2.21. The number of halogens is 3. The number of carbonyl (C=O) groups is 1. The van der Waals surface area contributed by atoms with Crippen LogP contribution >= 0.6 is 23.4 Å². The molecule has 21 heavy (non-hydrogen) atoms. The molecule has 1 rings (SSSR count). The quantitative estimate of drug-likeness (QED) is 0.588. The molecule has 0 aliphatic rings. The maximum absolute atomic E-state index is 13.6. The van der Waals surface area contributed by atoms with Crippen LogP contribution in [0.4, 0.5) is 14.5 Å². The monoisotopic (exact) mass is 336 g/mol. The van der Waals surface area contributed by atoms with Crippen LogP contribution < -0.4 is 11.1 Å². The number of carbonyl (C=O) groups excluding carboxylic acids is 1. The Morgan fingerprint density at radius 2 is 2.00 bits per heavy atom. The number of benzene rings is 1. The molecule has 3 N–H and O–H groups in total. The third kappa shape index (κ3) is 5.45. The van der Waals surface area contributed by atoms with Gasteiger partial charge in [0.05, 0.1) is 15.5 Å². The highest BCUT2D eigenvalue weighted by Gasteiger charge is 2.28. The molecule has 0 bridgehead atoms. The van der Waals surface area contributed by atoms with E-state index >= 15 is 0 Å². The van der Waals surface area contributed by atoms with Crippen molar-refractivity contribution < 1.29 is 13.6 Å². The van der Waals surface area contributed by atoms with Crippen molar-refractivity contribution in [2.75, 3.05) is 17.6 Å². The Hall–Kier alpha value is -0.850. The van der Waals surface area contributed by atoms with Crippen LogP contribution in [0.1, 0.15) is 26.7 Å². The van der Waals surface area contributed by atoms with E-state index in [2.05, 4.69) is 5.32 Å². The van der Waals surface area contributed by atoms with Gasteiger partial charge in [-0.05, 0) is 45.1 Å². The largest absolute Gasteiger partial charge is 0.330 e. The molecular formula is C14H19ClF2N2OS. The molecule has 0 fully saturated rings. The summed E-state index contributed by atoms with van der Waals surface area (Å²) in [6.45, 7) is 4.11. The van der Waals surface area contributed by atoms with Gasteiger partial charge in [0.15, 0.2) is 0 Å². The summed E-state index contributed by atoms with van der Waals surface area (Å²) in [4.78, 5) is 12.2. The Morgan fingerprint density at radius 3 is 2.62 bits per heavy atom. The highest BCUT2D eigenvalue weighted by atomic mass is 35.5. The predicted octanol–water partition coefficient (Wildman–Crippen LogP) is 3.81. The molecule has 1 aromatic carbocycles. The number of rotatable bonds is 7. The highest BCUT2D eigenvalue weighted by molar-refractivity contribution is 8.01. The lowest BCUT2D eigenvalue weighted by Gasteiger charge is -2.23. The van der Waals surface area contributed by atoms with E-state index in [1.807, 2.05) is 0 Å². The average Bonchev–Trinajstić information content (AvgIpc) is 2.41. The minimum Gasteiger partial charge on any atom is -0.330 e. The van der Waals surface area contributed by atoms with Crippen molar-refractivity contribution in [2.45, 2.75) is 31.4 Å². The second-order valence-corrected chi connectivity index (χ2v) is 7.18. The summed E-state index contributed by atoms with van der Waals surface area (Å²) in [5.74, 6) is -1.29.